The van der Waals surface area contributed by atoms with Crippen molar-refractivity contribution in [3.63, 3.8) is 0 Å². The van der Waals surface area contributed by atoms with Gasteiger partial charge in [0.2, 0.25) is 11.8 Å². The van der Waals surface area contributed by atoms with Crippen LogP contribution in [-0.4, -0.2) is 18.4 Å². The van der Waals surface area contributed by atoms with Crippen LogP contribution in [0.5, 0.6) is 0 Å². The molecule has 0 spiro atoms. The molecule has 2 atom stereocenters. The lowest BCUT2D eigenvalue weighted by Crippen LogP contribution is -2.34. The maximum absolute atomic E-state index is 12.3. The second-order valence-corrected chi connectivity index (χ2v) is 7.65. The van der Waals surface area contributed by atoms with E-state index in [4.69, 9.17) is 11.6 Å². The van der Waals surface area contributed by atoms with Gasteiger partial charge in [-0.2, -0.15) is 0 Å². The number of rotatable bonds is 5. The Balaban J connectivity index is 1.89. The minimum atomic E-state index is -0.258. The Bertz CT molecular complexity index is 691. The molecule has 2 N–H and O–H groups in total. The normalized spacial score (nSPS) is 20.9. The first kappa shape index (κ1) is 18.5. The third kappa shape index (κ3) is 3.99. The van der Waals surface area contributed by atoms with E-state index in [1.54, 1.807) is 18.2 Å². The molecule has 1 aromatic rings. The number of carbonyl (C=O) groups is 2. The summed E-state index contributed by atoms with van der Waals surface area (Å²) in [4.78, 5) is 24.4. The zero-order valence-corrected chi connectivity index (χ0v) is 15.6. The average molecular weight is 349 g/mol. The molecule has 0 radical (unpaired) electrons. The number of benzene rings is 1. The zero-order chi connectivity index (χ0) is 18.1. The molecule has 24 heavy (non-hydrogen) atoms. The Morgan fingerprint density at radius 2 is 1.96 bits per heavy atom. The topological polar surface area (TPSA) is 58.2 Å². The van der Waals surface area contributed by atoms with Gasteiger partial charge >= 0.3 is 0 Å². The fourth-order valence-electron chi connectivity index (χ4n) is 3.06. The summed E-state index contributed by atoms with van der Waals surface area (Å²) in [5.74, 6) is -0.166. The van der Waals surface area contributed by atoms with E-state index in [2.05, 4.69) is 30.6 Å². The molecule has 130 valence electrons. The van der Waals surface area contributed by atoms with Crippen LogP contribution in [0.15, 0.2) is 29.8 Å². The van der Waals surface area contributed by atoms with Crippen LogP contribution >= 0.6 is 11.6 Å². The fraction of sp³-hybridized carbons (Fsp3) is 0.474. The van der Waals surface area contributed by atoms with Gasteiger partial charge in [0.05, 0.1) is 12.5 Å². The lowest BCUT2D eigenvalue weighted by atomic mass is 10.1. The molecule has 1 saturated carbocycles. The number of carbonyl (C=O) groups excluding carboxylic acids is 2. The molecule has 5 heteroatoms. The maximum atomic E-state index is 12.3. The highest BCUT2D eigenvalue weighted by molar-refractivity contribution is 6.31. The Morgan fingerprint density at radius 1 is 1.29 bits per heavy atom. The standard InChI is InChI=1S/C19H25ClN2O2/c1-11(2)9-13-17(19(13,4)5)18(24)21-10-16(23)22-15-8-6-7-14(20)12(15)3/h6-9,13,17H,10H2,1-5H3,(H,21,24)(H,22,23). The monoisotopic (exact) mass is 348 g/mol. The first-order valence-corrected chi connectivity index (χ1v) is 8.50. The molecule has 0 bridgehead atoms. The molecular weight excluding hydrogens is 324 g/mol. The molecule has 0 aliphatic heterocycles. The van der Waals surface area contributed by atoms with Gasteiger partial charge in [0.15, 0.2) is 0 Å². The molecule has 2 unspecified atom stereocenters. The lowest BCUT2D eigenvalue weighted by molar-refractivity contribution is -0.125. The number of anilines is 1. The minimum Gasteiger partial charge on any atom is -0.347 e. The molecule has 1 aliphatic rings. The molecule has 0 heterocycles. The van der Waals surface area contributed by atoms with Crippen LogP contribution in [0, 0.1) is 24.2 Å². The quantitative estimate of drug-likeness (QED) is 0.792. The number of nitrogens with one attached hydrogen (secondary N) is 2. The summed E-state index contributed by atoms with van der Waals surface area (Å²) in [6.07, 6.45) is 2.14. The van der Waals surface area contributed by atoms with Crippen molar-refractivity contribution in [2.45, 2.75) is 34.6 Å². The van der Waals surface area contributed by atoms with Gasteiger partial charge in [-0.25, -0.2) is 0 Å². The highest BCUT2D eigenvalue weighted by Crippen LogP contribution is 2.59. The SMILES string of the molecule is CC(C)=CC1C(C(=O)NCC(=O)Nc2cccc(Cl)c2C)C1(C)C. The minimum absolute atomic E-state index is 0.0427. The van der Waals surface area contributed by atoms with E-state index in [9.17, 15) is 9.59 Å². The van der Waals surface area contributed by atoms with Gasteiger partial charge in [0.1, 0.15) is 0 Å². The number of halogens is 1. The van der Waals surface area contributed by atoms with Crippen molar-refractivity contribution < 1.29 is 9.59 Å². The number of amides is 2. The molecule has 1 aromatic carbocycles. The van der Waals surface area contributed by atoms with Crippen LogP contribution < -0.4 is 10.6 Å². The smallest absolute Gasteiger partial charge is 0.243 e. The predicted octanol–water partition coefficient (Wildman–Crippen LogP) is 3.94. The fourth-order valence-corrected chi connectivity index (χ4v) is 3.24. The van der Waals surface area contributed by atoms with E-state index in [0.29, 0.717) is 10.7 Å². The highest BCUT2D eigenvalue weighted by Gasteiger charge is 2.60. The summed E-state index contributed by atoms with van der Waals surface area (Å²) in [5.41, 5.74) is 2.63. The van der Waals surface area contributed by atoms with E-state index < -0.39 is 0 Å². The van der Waals surface area contributed by atoms with Crippen LogP contribution in [0.2, 0.25) is 5.02 Å². The van der Waals surface area contributed by atoms with E-state index in [-0.39, 0.29) is 35.6 Å². The first-order valence-electron chi connectivity index (χ1n) is 8.12. The third-order valence-corrected chi connectivity index (χ3v) is 5.08. The van der Waals surface area contributed by atoms with Gasteiger partial charge in [0, 0.05) is 10.7 Å². The molecule has 2 amide bonds. The average Bonchev–Trinajstić information content (AvgIpc) is 3.01. The third-order valence-electron chi connectivity index (χ3n) is 4.67. The van der Waals surface area contributed by atoms with Crippen LogP contribution in [0.4, 0.5) is 5.69 Å². The lowest BCUT2D eigenvalue weighted by Gasteiger charge is -2.10. The van der Waals surface area contributed by atoms with Crippen LogP contribution in [0.1, 0.15) is 33.3 Å². The summed E-state index contributed by atoms with van der Waals surface area (Å²) >= 11 is 6.04. The second kappa shape index (κ2) is 6.98. The van der Waals surface area contributed by atoms with Crippen molar-refractivity contribution >= 4 is 29.1 Å². The predicted molar refractivity (Wildman–Crippen MR) is 98.0 cm³/mol. The van der Waals surface area contributed by atoms with Gasteiger partial charge in [-0.3, -0.25) is 9.59 Å². The summed E-state index contributed by atoms with van der Waals surface area (Å²) in [7, 11) is 0. The van der Waals surface area contributed by atoms with E-state index in [0.717, 1.165) is 5.56 Å². The summed E-state index contributed by atoms with van der Waals surface area (Å²) in [6, 6.07) is 5.34. The van der Waals surface area contributed by atoms with Crippen LogP contribution in [0.3, 0.4) is 0 Å². The second-order valence-electron chi connectivity index (χ2n) is 7.25. The van der Waals surface area contributed by atoms with Crippen molar-refractivity contribution in [2.75, 3.05) is 11.9 Å². The molecule has 2 rings (SSSR count). The van der Waals surface area contributed by atoms with Gasteiger partial charge in [-0.05, 0) is 49.8 Å². The van der Waals surface area contributed by atoms with E-state index >= 15 is 0 Å². The maximum Gasteiger partial charge on any atom is 0.243 e. The molecule has 4 nitrogen and oxygen atoms in total. The molecule has 1 aliphatic carbocycles. The number of allylic oxidation sites excluding steroid dienone is 2. The van der Waals surface area contributed by atoms with Crippen molar-refractivity contribution in [1.29, 1.82) is 0 Å². The molecule has 1 fully saturated rings. The van der Waals surface area contributed by atoms with Gasteiger partial charge in [-0.15, -0.1) is 0 Å². The Labute approximate surface area is 148 Å². The van der Waals surface area contributed by atoms with Crippen molar-refractivity contribution in [3.8, 4) is 0 Å². The number of hydrogen-bond donors (Lipinski definition) is 2. The summed E-state index contributed by atoms with van der Waals surface area (Å²) in [5, 5.41) is 6.12. The molecule has 0 aromatic heterocycles. The van der Waals surface area contributed by atoms with Crippen molar-refractivity contribution in [1.82, 2.24) is 5.32 Å². The van der Waals surface area contributed by atoms with E-state index in [1.165, 1.54) is 5.57 Å². The molecule has 0 saturated heterocycles. The molecular formula is C19H25ClN2O2. The highest BCUT2D eigenvalue weighted by atomic mass is 35.5. The zero-order valence-electron chi connectivity index (χ0n) is 14.9. The van der Waals surface area contributed by atoms with E-state index in [1.807, 2.05) is 20.8 Å². The first-order chi connectivity index (χ1) is 11.1. The Hall–Kier alpha value is -1.81. The van der Waals surface area contributed by atoms with Gasteiger partial charge in [-0.1, -0.05) is 43.2 Å². The van der Waals surface area contributed by atoms with Crippen molar-refractivity contribution in [2.24, 2.45) is 17.3 Å². The Kier molecular flexibility index (Phi) is 5.38. The Morgan fingerprint density at radius 3 is 2.58 bits per heavy atom. The largest absolute Gasteiger partial charge is 0.347 e. The van der Waals surface area contributed by atoms with Crippen LogP contribution in [-0.2, 0) is 9.59 Å². The van der Waals surface area contributed by atoms with Gasteiger partial charge in [0.25, 0.3) is 0 Å². The number of hydrogen-bond acceptors (Lipinski definition) is 2. The van der Waals surface area contributed by atoms with Crippen molar-refractivity contribution in [3.05, 3.63) is 40.4 Å². The van der Waals surface area contributed by atoms with Gasteiger partial charge < -0.3 is 10.6 Å². The summed E-state index contributed by atoms with van der Waals surface area (Å²) < 4.78 is 0. The summed E-state index contributed by atoms with van der Waals surface area (Å²) in [6.45, 7) is 10.0. The van der Waals surface area contributed by atoms with Crippen LogP contribution in [0.25, 0.3) is 0 Å².